The summed E-state index contributed by atoms with van der Waals surface area (Å²) < 4.78 is 25.9. The highest BCUT2D eigenvalue weighted by Gasteiger charge is 2.37. The van der Waals surface area contributed by atoms with Crippen LogP contribution in [0.5, 0.6) is 5.75 Å². The Hall–Kier alpha value is -1.90. The first-order valence-corrected chi connectivity index (χ1v) is 11.0. The first-order valence-electron chi connectivity index (χ1n) is 10.6. The topological polar surface area (TPSA) is 71.1 Å². The zero-order chi connectivity index (χ0) is 22.6. The normalized spacial score (nSPS) is 24.0. The molecule has 0 bridgehead atoms. The minimum atomic E-state index is -1.50. The van der Waals surface area contributed by atoms with Gasteiger partial charge in [-0.25, -0.2) is 4.39 Å². The Morgan fingerprint density at radius 3 is 2.48 bits per heavy atom. The highest BCUT2D eigenvalue weighted by atomic mass is 35.5. The monoisotopic (exact) mass is 455 g/mol. The van der Waals surface area contributed by atoms with E-state index in [1.54, 1.807) is 12.1 Å². The summed E-state index contributed by atoms with van der Waals surface area (Å²) in [4.78, 5) is 29.1. The molecule has 3 rings (SSSR count). The second kappa shape index (κ2) is 10.1. The summed E-state index contributed by atoms with van der Waals surface area (Å²) in [5.41, 5.74) is -1.18. The lowest BCUT2D eigenvalue weighted by atomic mass is 9.93. The SMILES string of the molecule is COc1cc(Cl)cc(C(=O)NCC2(F)CCN(CC(=O)N3[C@H](C)COC[C@H]3C)CC2)c1. The zero-order valence-electron chi connectivity index (χ0n) is 18.3. The molecule has 2 atom stereocenters. The molecule has 0 saturated carbocycles. The van der Waals surface area contributed by atoms with Crippen LogP contribution in [0.1, 0.15) is 37.0 Å². The Morgan fingerprint density at radius 2 is 1.87 bits per heavy atom. The van der Waals surface area contributed by atoms with Crippen LogP contribution in [0.25, 0.3) is 0 Å². The van der Waals surface area contributed by atoms with Crippen LogP contribution >= 0.6 is 11.6 Å². The minimum absolute atomic E-state index is 0.0432. The Balaban J connectivity index is 1.48. The zero-order valence-corrected chi connectivity index (χ0v) is 19.1. The average Bonchev–Trinajstić information content (AvgIpc) is 2.73. The number of rotatable bonds is 6. The molecule has 0 spiro atoms. The summed E-state index contributed by atoms with van der Waals surface area (Å²) in [5, 5.41) is 3.05. The van der Waals surface area contributed by atoms with E-state index >= 15 is 4.39 Å². The van der Waals surface area contributed by atoms with Crippen LogP contribution < -0.4 is 10.1 Å². The van der Waals surface area contributed by atoms with Gasteiger partial charge in [-0.15, -0.1) is 0 Å². The molecular weight excluding hydrogens is 425 g/mol. The molecule has 2 fully saturated rings. The summed E-state index contributed by atoms with van der Waals surface area (Å²) >= 11 is 6.00. The molecule has 0 aromatic heterocycles. The number of methoxy groups -OCH3 is 1. The van der Waals surface area contributed by atoms with Crippen molar-refractivity contribution >= 4 is 23.4 Å². The first-order chi connectivity index (χ1) is 14.7. The van der Waals surface area contributed by atoms with Crippen molar-refractivity contribution in [2.45, 2.75) is 44.4 Å². The largest absolute Gasteiger partial charge is 0.497 e. The molecule has 2 aliphatic rings. The van der Waals surface area contributed by atoms with Crippen LogP contribution in [0.3, 0.4) is 0 Å². The number of likely N-dealkylation sites (tertiary alicyclic amines) is 1. The number of amides is 2. The van der Waals surface area contributed by atoms with Crippen molar-refractivity contribution in [2.75, 3.05) is 46.5 Å². The Kier molecular flexibility index (Phi) is 7.78. The lowest BCUT2D eigenvalue weighted by molar-refractivity contribution is -0.146. The summed E-state index contributed by atoms with van der Waals surface area (Å²) in [7, 11) is 1.49. The molecule has 31 heavy (non-hydrogen) atoms. The highest BCUT2D eigenvalue weighted by molar-refractivity contribution is 6.31. The molecule has 0 radical (unpaired) electrons. The van der Waals surface area contributed by atoms with E-state index in [4.69, 9.17) is 21.1 Å². The minimum Gasteiger partial charge on any atom is -0.497 e. The third-order valence-electron chi connectivity index (χ3n) is 6.00. The first kappa shape index (κ1) is 23.8. The maximum atomic E-state index is 15.3. The van der Waals surface area contributed by atoms with Gasteiger partial charge in [0.2, 0.25) is 5.91 Å². The van der Waals surface area contributed by atoms with Crippen LogP contribution in [-0.4, -0.2) is 85.9 Å². The van der Waals surface area contributed by atoms with E-state index in [9.17, 15) is 9.59 Å². The molecule has 172 valence electrons. The van der Waals surface area contributed by atoms with Gasteiger partial charge >= 0.3 is 0 Å². The fourth-order valence-corrected chi connectivity index (χ4v) is 4.43. The average molecular weight is 456 g/mol. The van der Waals surface area contributed by atoms with Gasteiger partial charge in [0.05, 0.1) is 45.5 Å². The van der Waals surface area contributed by atoms with E-state index in [-0.39, 0.29) is 43.9 Å². The third kappa shape index (κ3) is 6.08. The van der Waals surface area contributed by atoms with Gasteiger partial charge in [-0.2, -0.15) is 0 Å². The number of morpholine rings is 1. The van der Waals surface area contributed by atoms with E-state index in [0.717, 1.165) is 0 Å². The van der Waals surface area contributed by atoms with Gasteiger partial charge in [0.1, 0.15) is 11.4 Å². The standard InChI is InChI=1S/C22H31ClFN3O4/c1-15-12-31-13-16(2)27(15)20(28)11-26-6-4-22(24,5-7-26)14-25-21(29)17-8-18(23)10-19(9-17)30-3/h8-10,15-16H,4-7,11-14H2,1-3H3,(H,25,29)/t15-,16-/m1/s1. The molecule has 0 unspecified atom stereocenters. The summed E-state index contributed by atoms with van der Waals surface area (Å²) in [6.45, 7) is 6.18. The number of carbonyl (C=O) groups is 2. The second-order valence-electron chi connectivity index (χ2n) is 8.53. The number of alkyl halides is 1. The number of carbonyl (C=O) groups excluding carboxylic acids is 2. The Bertz CT molecular complexity index is 791. The van der Waals surface area contributed by atoms with E-state index in [1.165, 1.54) is 13.2 Å². The number of nitrogens with one attached hydrogen (secondary N) is 1. The molecule has 0 aliphatic carbocycles. The smallest absolute Gasteiger partial charge is 0.251 e. The van der Waals surface area contributed by atoms with Crippen molar-refractivity contribution in [3.63, 3.8) is 0 Å². The lowest BCUT2D eigenvalue weighted by Crippen LogP contribution is -2.56. The van der Waals surface area contributed by atoms with Gasteiger partial charge in [-0.05, 0) is 44.9 Å². The predicted molar refractivity (Wildman–Crippen MR) is 116 cm³/mol. The fourth-order valence-electron chi connectivity index (χ4n) is 4.21. The molecule has 1 aromatic carbocycles. The van der Waals surface area contributed by atoms with Crippen LogP contribution in [0.4, 0.5) is 4.39 Å². The van der Waals surface area contributed by atoms with Crippen LogP contribution in [-0.2, 0) is 9.53 Å². The number of piperidine rings is 1. The van der Waals surface area contributed by atoms with E-state index in [2.05, 4.69) is 5.32 Å². The van der Waals surface area contributed by atoms with E-state index in [1.807, 2.05) is 23.6 Å². The maximum Gasteiger partial charge on any atom is 0.251 e. The van der Waals surface area contributed by atoms with Gasteiger partial charge in [0.15, 0.2) is 0 Å². The van der Waals surface area contributed by atoms with Crippen molar-refractivity contribution in [3.05, 3.63) is 28.8 Å². The molecule has 2 amide bonds. The highest BCUT2D eigenvalue weighted by Crippen LogP contribution is 2.27. The Labute approximate surface area is 187 Å². The molecule has 1 N–H and O–H groups in total. The lowest BCUT2D eigenvalue weighted by Gasteiger charge is -2.41. The van der Waals surface area contributed by atoms with E-state index in [0.29, 0.717) is 42.6 Å². The van der Waals surface area contributed by atoms with Crippen molar-refractivity contribution in [1.29, 1.82) is 0 Å². The number of nitrogens with zero attached hydrogens (tertiary/aromatic N) is 2. The molecule has 1 aromatic rings. The molecule has 2 aliphatic heterocycles. The van der Waals surface area contributed by atoms with Gasteiger partial charge in [-0.1, -0.05) is 11.6 Å². The summed E-state index contributed by atoms with van der Waals surface area (Å²) in [6.07, 6.45) is 0.515. The number of ether oxygens (including phenoxy) is 2. The molecule has 2 saturated heterocycles. The van der Waals surface area contributed by atoms with Gasteiger partial charge in [0, 0.05) is 23.7 Å². The van der Waals surface area contributed by atoms with Crippen molar-refractivity contribution < 1.29 is 23.5 Å². The van der Waals surface area contributed by atoms with Crippen molar-refractivity contribution in [1.82, 2.24) is 15.1 Å². The molecule has 7 nitrogen and oxygen atoms in total. The third-order valence-corrected chi connectivity index (χ3v) is 6.22. The van der Waals surface area contributed by atoms with Crippen LogP contribution in [0, 0.1) is 0 Å². The van der Waals surface area contributed by atoms with Gasteiger partial charge in [-0.3, -0.25) is 14.5 Å². The second-order valence-corrected chi connectivity index (χ2v) is 8.96. The summed E-state index contributed by atoms with van der Waals surface area (Å²) in [6, 6.07) is 4.77. The van der Waals surface area contributed by atoms with Gasteiger partial charge in [0.25, 0.3) is 5.91 Å². The van der Waals surface area contributed by atoms with Crippen molar-refractivity contribution in [2.24, 2.45) is 0 Å². The van der Waals surface area contributed by atoms with Crippen molar-refractivity contribution in [3.8, 4) is 5.75 Å². The number of halogens is 2. The van der Waals surface area contributed by atoms with Crippen LogP contribution in [0.2, 0.25) is 5.02 Å². The fraction of sp³-hybridized carbons (Fsp3) is 0.636. The summed E-state index contributed by atoms with van der Waals surface area (Å²) in [5.74, 6) is 0.123. The van der Waals surface area contributed by atoms with Crippen LogP contribution in [0.15, 0.2) is 18.2 Å². The van der Waals surface area contributed by atoms with E-state index < -0.39 is 11.6 Å². The quantitative estimate of drug-likeness (QED) is 0.713. The predicted octanol–water partition coefficient (Wildman–Crippen LogP) is 2.52. The number of benzene rings is 1. The molecule has 9 heteroatoms. The molecular formula is C22H31ClFN3O4. The maximum absolute atomic E-state index is 15.3. The Morgan fingerprint density at radius 1 is 1.23 bits per heavy atom. The van der Waals surface area contributed by atoms with Gasteiger partial charge < -0.3 is 19.7 Å². The number of hydrogen-bond acceptors (Lipinski definition) is 5. The number of hydrogen-bond donors (Lipinski definition) is 1. The molecule has 2 heterocycles.